The van der Waals surface area contributed by atoms with Crippen LogP contribution in [0.25, 0.3) is 10.8 Å². The summed E-state index contributed by atoms with van der Waals surface area (Å²) in [5, 5.41) is 2.41. The largest absolute Gasteiger partial charge is 0.460 e. The molecule has 0 fully saturated rings. The molecule has 140 valence electrons. The number of aryl methyl sites for hydroxylation is 1. The zero-order valence-corrected chi connectivity index (χ0v) is 16.2. The molecule has 2 aromatic carbocycles. The second-order valence-corrected chi connectivity index (χ2v) is 7.69. The van der Waals surface area contributed by atoms with E-state index in [1.807, 2.05) is 32.9 Å². The summed E-state index contributed by atoms with van der Waals surface area (Å²) in [5.74, 6) is -0.114. The molecular formula is C22H29NO3. The van der Waals surface area contributed by atoms with Crippen molar-refractivity contribution >= 4 is 22.6 Å². The van der Waals surface area contributed by atoms with E-state index in [1.165, 1.54) is 16.3 Å². The average molecular weight is 355 g/mol. The Hall–Kier alpha value is -2.36. The Morgan fingerprint density at radius 2 is 1.69 bits per heavy atom. The first-order valence-electron chi connectivity index (χ1n) is 9.18. The lowest BCUT2D eigenvalue weighted by Gasteiger charge is -2.20. The molecule has 0 aromatic heterocycles. The number of nitrogens with zero attached hydrogens (tertiary/aromatic N) is 1. The molecule has 26 heavy (non-hydrogen) atoms. The van der Waals surface area contributed by atoms with Crippen molar-refractivity contribution in [3.63, 3.8) is 0 Å². The Balaban J connectivity index is 1.75. The molecule has 2 rings (SSSR count). The zero-order valence-electron chi connectivity index (χ0n) is 16.2. The van der Waals surface area contributed by atoms with E-state index < -0.39 is 5.60 Å². The molecule has 0 radical (unpaired) electrons. The normalized spacial score (nSPS) is 11.4. The van der Waals surface area contributed by atoms with E-state index in [2.05, 4.69) is 30.3 Å². The van der Waals surface area contributed by atoms with Gasteiger partial charge in [0.2, 0.25) is 5.91 Å². The van der Waals surface area contributed by atoms with Crippen LogP contribution in [0.3, 0.4) is 0 Å². The fourth-order valence-corrected chi connectivity index (χ4v) is 2.81. The molecular weight excluding hydrogens is 326 g/mol. The molecule has 0 saturated heterocycles. The van der Waals surface area contributed by atoms with Crippen LogP contribution >= 0.6 is 0 Å². The predicted molar refractivity (Wildman–Crippen MR) is 105 cm³/mol. The minimum atomic E-state index is -0.460. The molecule has 0 atom stereocenters. The number of benzene rings is 2. The van der Waals surface area contributed by atoms with Crippen molar-refractivity contribution in [3.05, 3.63) is 48.0 Å². The number of fused-ring (bicyclic) bond motifs is 1. The second-order valence-electron chi connectivity index (χ2n) is 7.69. The highest BCUT2D eigenvalue weighted by molar-refractivity contribution is 5.83. The Morgan fingerprint density at radius 1 is 1.00 bits per heavy atom. The van der Waals surface area contributed by atoms with Crippen LogP contribution in [0.2, 0.25) is 0 Å². The minimum Gasteiger partial charge on any atom is -0.460 e. The fraction of sp³-hybridized carbons (Fsp3) is 0.455. The highest BCUT2D eigenvalue weighted by Crippen LogP contribution is 2.17. The zero-order chi connectivity index (χ0) is 19.2. The molecule has 0 aliphatic rings. The number of hydrogen-bond donors (Lipinski definition) is 0. The van der Waals surface area contributed by atoms with Gasteiger partial charge in [0.1, 0.15) is 5.60 Å². The molecule has 0 aliphatic heterocycles. The first-order valence-corrected chi connectivity index (χ1v) is 9.18. The van der Waals surface area contributed by atoms with Gasteiger partial charge in [-0.2, -0.15) is 0 Å². The lowest BCUT2D eigenvalue weighted by molar-refractivity contribution is -0.155. The summed E-state index contributed by atoms with van der Waals surface area (Å²) in [6, 6.07) is 14.5. The summed E-state index contributed by atoms with van der Waals surface area (Å²) in [6.07, 6.45) is 2.15. The number of esters is 1. The summed E-state index contributed by atoms with van der Waals surface area (Å²) in [7, 11) is 1.79. The molecule has 0 heterocycles. The van der Waals surface area contributed by atoms with Crippen LogP contribution in [-0.2, 0) is 20.7 Å². The Kier molecular flexibility index (Phi) is 6.78. The van der Waals surface area contributed by atoms with E-state index >= 15 is 0 Å². The number of carbonyl (C=O) groups excluding carboxylic acids is 2. The molecule has 0 unspecified atom stereocenters. The summed E-state index contributed by atoms with van der Waals surface area (Å²) < 4.78 is 5.28. The van der Waals surface area contributed by atoms with E-state index in [1.54, 1.807) is 11.9 Å². The van der Waals surface area contributed by atoms with Gasteiger partial charge in [0, 0.05) is 26.4 Å². The van der Waals surface area contributed by atoms with Gasteiger partial charge in [-0.1, -0.05) is 42.5 Å². The number of ether oxygens (including phenoxy) is 1. The van der Waals surface area contributed by atoms with Crippen LogP contribution in [0.15, 0.2) is 42.5 Å². The maximum atomic E-state index is 12.3. The lowest BCUT2D eigenvalue weighted by atomic mass is 10.0. The van der Waals surface area contributed by atoms with E-state index in [0.717, 1.165) is 6.42 Å². The molecule has 1 amide bonds. The van der Waals surface area contributed by atoms with Gasteiger partial charge in [-0.15, -0.1) is 0 Å². The number of carbonyl (C=O) groups is 2. The molecule has 0 bridgehead atoms. The van der Waals surface area contributed by atoms with Crippen molar-refractivity contribution in [2.45, 2.75) is 52.1 Å². The summed E-state index contributed by atoms with van der Waals surface area (Å²) in [4.78, 5) is 25.7. The van der Waals surface area contributed by atoms with Gasteiger partial charge in [-0.3, -0.25) is 9.59 Å². The quantitative estimate of drug-likeness (QED) is 0.694. The molecule has 2 aromatic rings. The number of hydrogen-bond acceptors (Lipinski definition) is 3. The predicted octanol–water partition coefficient (Wildman–Crippen LogP) is 4.35. The van der Waals surface area contributed by atoms with Crippen LogP contribution in [0.5, 0.6) is 0 Å². The van der Waals surface area contributed by atoms with Crippen molar-refractivity contribution in [1.29, 1.82) is 0 Å². The lowest BCUT2D eigenvalue weighted by Crippen LogP contribution is -2.29. The molecule has 0 spiro atoms. The third kappa shape index (κ3) is 6.51. The highest BCUT2D eigenvalue weighted by atomic mass is 16.6. The Bertz CT molecular complexity index is 761. The maximum Gasteiger partial charge on any atom is 0.306 e. The van der Waals surface area contributed by atoms with E-state index in [-0.39, 0.29) is 11.9 Å². The first-order chi connectivity index (χ1) is 12.2. The standard InChI is InChI=1S/C22H29NO3/c1-22(2,3)26-21(25)10-7-15-23(4)20(24)14-12-17-11-13-18-8-5-6-9-19(18)16-17/h5-6,8-9,11,13,16H,7,10,12,14-15H2,1-4H3. The Morgan fingerprint density at radius 3 is 2.38 bits per heavy atom. The molecule has 4 heteroatoms. The summed E-state index contributed by atoms with van der Waals surface area (Å²) in [5.41, 5.74) is 0.706. The van der Waals surface area contributed by atoms with Crippen LogP contribution in [0.4, 0.5) is 0 Å². The van der Waals surface area contributed by atoms with Gasteiger partial charge < -0.3 is 9.64 Å². The van der Waals surface area contributed by atoms with Gasteiger partial charge in [0.05, 0.1) is 0 Å². The van der Waals surface area contributed by atoms with Crippen LogP contribution in [0.1, 0.15) is 45.6 Å². The number of amides is 1. The van der Waals surface area contributed by atoms with E-state index in [0.29, 0.717) is 25.8 Å². The van der Waals surface area contributed by atoms with Gasteiger partial charge in [0.15, 0.2) is 0 Å². The van der Waals surface area contributed by atoms with Gasteiger partial charge in [-0.25, -0.2) is 0 Å². The topological polar surface area (TPSA) is 46.6 Å². The van der Waals surface area contributed by atoms with Crippen molar-refractivity contribution in [3.8, 4) is 0 Å². The average Bonchev–Trinajstić information content (AvgIpc) is 2.57. The third-order valence-electron chi connectivity index (χ3n) is 4.16. The van der Waals surface area contributed by atoms with Crippen molar-refractivity contribution in [1.82, 2.24) is 4.90 Å². The minimum absolute atomic E-state index is 0.0994. The van der Waals surface area contributed by atoms with Crippen molar-refractivity contribution in [2.75, 3.05) is 13.6 Å². The van der Waals surface area contributed by atoms with Crippen molar-refractivity contribution in [2.24, 2.45) is 0 Å². The van der Waals surface area contributed by atoms with E-state index in [9.17, 15) is 9.59 Å². The molecule has 0 saturated carbocycles. The van der Waals surface area contributed by atoms with Gasteiger partial charge in [0.25, 0.3) is 0 Å². The van der Waals surface area contributed by atoms with Gasteiger partial charge in [-0.05, 0) is 49.9 Å². The third-order valence-corrected chi connectivity index (χ3v) is 4.16. The molecule has 4 nitrogen and oxygen atoms in total. The summed E-state index contributed by atoms with van der Waals surface area (Å²) in [6.45, 7) is 6.13. The Labute approximate surface area is 156 Å². The molecule has 0 N–H and O–H groups in total. The van der Waals surface area contributed by atoms with Crippen LogP contribution in [-0.4, -0.2) is 36.0 Å². The number of rotatable bonds is 7. The first kappa shape index (κ1) is 20.0. The molecule has 0 aliphatic carbocycles. The maximum absolute atomic E-state index is 12.3. The monoisotopic (exact) mass is 355 g/mol. The van der Waals surface area contributed by atoms with Crippen LogP contribution in [0, 0.1) is 0 Å². The SMILES string of the molecule is CN(CCCC(=O)OC(C)(C)C)C(=O)CCc1ccc2ccccc2c1. The highest BCUT2D eigenvalue weighted by Gasteiger charge is 2.16. The van der Waals surface area contributed by atoms with E-state index in [4.69, 9.17) is 4.74 Å². The summed E-state index contributed by atoms with van der Waals surface area (Å²) >= 11 is 0. The second kappa shape index (κ2) is 8.84. The smallest absolute Gasteiger partial charge is 0.306 e. The van der Waals surface area contributed by atoms with Crippen molar-refractivity contribution < 1.29 is 14.3 Å². The fourth-order valence-electron chi connectivity index (χ4n) is 2.81. The van der Waals surface area contributed by atoms with Crippen LogP contribution < -0.4 is 0 Å². The van der Waals surface area contributed by atoms with Gasteiger partial charge >= 0.3 is 5.97 Å².